The molecule has 0 spiro atoms. The summed E-state index contributed by atoms with van der Waals surface area (Å²) in [4.78, 5) is 11.8. The van der Waals surface area contributed by atoms with E-state index in [1.54, 1.807) is 0 Å². The molecule has 15 heavy (non-hydrogen) atoms. The first-order chi connectivity index (χ1) is 6.94. The molecule has 0 bridgehead atoms. The van der Waals surface area contributed by atoms with Gasteiger partial charge in [-0.1, -0.05) is 30.3 Å². The molecule has 1 fully saturated rings. The first-order valence-corrected chi connectivity index (χ1v) is 5.23. The van der Waals surface area contributed by atoms with Crippen molar-refractivity contribution in [2.45, 2.75) is 38.4 Å². The molecule has 1 aliphatic rings. The van der Waals surface area contributed by atoms with E-state index in [0.717, 1.165) is 5.56 Å². The zero-order valence-corrected chi connectivity index (χ0v) is 9.41. The summed E-state index contributed by atoms with van der Waals surface area (Å²) in [6, 6.07) is 9.93. The Kier molecular flexibility index (Phi) is 2.19. The Balaban J connectivity index is 2.36. The minimum absolute atomic E-state index is 0.175. The molecule has 0 N–H and O–H groups in total. The lowest BCUT2D eigenvalue weighted by atomic mass is 9.91. The zero-order valence-electron chi connectivity index (χ0n) is 9.41. The molecule has 1 aliphatic heterocycles. The van der Waals surface area contributed by atoms with Crippen LogP contribution in [0.15, 0.2) is 30.3 Å². The van der Waals surface area contributed by atoms with Crippen molar-refractivity contribution in [1.82, 2.24) is 0 Å². The summed E-state index contributed by atoms with van der Waals surface area (Å²) in [5.41, 5.74) is -0.0316. The third kappa shape index (κ3) is 1.70. The number of benzene rings is 1. The number of hydrogen-bond donors (Lipinski definition) is 0. The van der Waals surface area contributed by atoms with Gasteiger partial charge < -0.3 is 4.74 Å². The van der Waals surface area contributed by atoms with Crippen molar-refractivity contribution in [3.63, 3.8) is 0 Å². The van der Waals surface area contributed by atoms with E-state index in [9.17, 15) is 4.79 Å². The van der Waals surface area contributed by atoms with Crippen LogP contribution in [0.2, 0.25) is 0 Å². The van der Waals surface area contributed by atoms with Crippen molar-refractivity contribution in [2.24, 2.45) is 0 Å². The molecule has 0 aromatic heterocycles. The molecule has 2 rings (SSSR count). The molecule has 1 heterocycles. The molecule has 2 nitrogen and oxygen atoms in total. The molecule has 0 saturated carbocycles. The van der Waals surface area contributed by atoms with Gasteiger partial charge in [0.25, 0.3) is 0 Å². The fourth-order valence-corrected chi connectivity index (χ4v) is 2.13. The van der Waals surface area contributed by atoms with Crippen molar-refractivity contribution in [1.29, 1.82) is 0 Å². The number of Topliss-reactive ketones (excluding diaryl/α,β-unsaturated/α-hetero) is 1. The maximum atomic E-state index is 11.8. The second kappa shape index (κ2) is 3.17. The lowest BCUT2D eigenvalue weighted by Gasteiger charge is -2.27. The van der Waals surface area contributed by atoms with E-state index in [0.29, 0.717) is 6.42 Å². The molecule has 1 saturated heterocycles. The number of rotatable bonds is 1. The average Bonchev–Trinajstić information content (AvgIpc) is 2.38. The van der Waals surface area contributed by atoms with Gasteiger partial charge in [-0.3, -0.25) is 4.79 Å². The normalized spacial score (nSPS) is 29.4. The largest absolute Gasteiger partial charge is 0.356 e. The topological polar surface area (TPSA) is 26.3 Å². The van der Waals surface area contributed by atoms with Gasteiger partial charge in [0.15, 0.2) is 5.78 Å². The van der Waals surface area contributed by atoms with Crippen LogP contribution in [0, 0.1) is 0 Å². The van der Waals surface area contributed by atoms with Crippen LogP contribution in [0.3, 0.4) is 0 Å². The lowest BCUT2D eigenvalue weighted by Crippen LogP contribution is -2.29. The van der Waals surface area contributed by atoms with Crippen molar-refractivity contribution in [3.05, 3.63) is 35.9 Å². The highest BCUT2D eigenvalue weighted by Crippen LogP contribution is 2.41. The Morgan fingerprint density at radius 3 is 2.20 bits per heavy atom. The maximum Gasteiger partial charge on any atom is 0.167 e. The molecular weight excluding hydrogens is 188 g/mol. The molecule has 2 heteroatoms. The number of hydrogen-bond acceptors (Lipinski definition) is 2. The van der Waals surface area contributed by atoms with Crippen LogP contribution in [0.25, 0.3) is 0 Å². The summed E-state index contributed by atoms with van der Waals surface area (Å²) >= 11 is 0. The Hall–Kier alpha value is -1.15. The molecule has 1 aromatic rings. The van der Waals surface area contributed by atoms with Gasteiger partial charge in [-0.05, 0) is 26.3 Å². The minimum Gasteiger partial charge on any atom is -0.356 e. The summed E-state index contributed by atoms with van der Waals surface area (Å²) in [5, 5.41) is 0. The summed E-state index contributed by atoms with van der Waals surface area (Å²) < 4.78 is 5.89. The fourth-order valence-electron chi connectivity index (χ4n) is 2.13. The van der Waals surface area contributed by atoms with Gasteiger partial charge in [0.1, 0.15) is 5.60 Å². The zero-order chi connectivity index (χ0) is 11.1. The van der Waals surface area contributed by atoms with Crippen LogP contribution < -0.4 is 0 Å². The van der Waals surface area contributed by atoms with E-state index in [-0.39, 0.29) is 5.78 Å². The van der Waals surface area contributed by atoms with E-state index >= 15 is 0 Å². The van der Waals surface area contributed by atoms with E-state index in [2.05, 4.69) is 0 Å². The molecular formula is C13H16O2. The van der Waals surface area contributed by atoms with Gasteiger partial charge in [0, 0.05) is 6.42 Å². The summed E-state index contributed by atoms with van der Waals surface area (Å²) in [7, 11) is 0. The monoisotopic (exact) mass is 204 g/mol. The number of carbonyl (C=O) groups is 1. The quantitative estimate of drug-likeness (QED) is 0.703. The highest BCUT2D eigenvalue weighted by molar-refractivity contribution is 5.89. The smallest absolute Gasteiger partial charge is 0.167 e. The first kappa shape index (κ1) is 10.4. The van der Waals surface area contributed by atoms with Gasteiger partial charge in [-0.25, -0.2) is 0 Å². The van der Waals surface area contributed by atoms with Crippen LogP contribution in [0.4, 0.5) is 0 Å². The SMILES string of the molecule is CC1(C)O[C@@](C)(c2ccccc2)CC1=O. The van der Waals surface area contributed by atoms with E-state index in [4.69, 9.17) is 4.74 Å². The summed E-state index contributed by atoms with van der Waals surface area (Å²) in [6.45, 7) is 5.65. The van der Waals surface area contributed by atoms with Crippen molar-refractivity contribution in [3.8, 4) is 0 Å². The highest BCUT2D eigenvalue weighted by Gasteiger charge is 2.48. The van der Waals surface area contributed by atoms with Gasteiger partial charge >= 0.3 is 0 Å². The standard InChI is InChI=1S/C13H16O2/c1-12(2)11(14)9-13(3,15-12)10-7-5-4-6-8-10/h4-8H,9H2,1-3H3/t13-/m1/s1. The Morgan fingerprint density at radius 1 is 1.13 bits per heavy atom. The third-order valence-electron chi connectivity index (χ3n) is 3.03. The second-order valence-electron chi connectivity index (χ2n) is 4.81. The predicted molar refractivity (Wildman–Crippen MR) is 58.6 cm³/mol. The van der Waals surface area contributed by atoms with Crippen LogP contribution in [-0.2, 0) is 15.1 Å². The summed E-state index contributed by atoms with van der Waals surface area (Å²) in [5.74, 6) is 0.175. The Morgan fingerprint density at radius 2 is 1.73 bits per heavy atom. The minimum atomic E-state index is -0.648. The fraction of sp³-hybridized carbons (Fsp3) is 0.462. The average molecular weight is 204 g/mol. The second-order valence-corrected chi connectivity index (χ2v) is 4.81. The van der Waals surface area contributed by atoms with E-state index < -0.39 is 11.2 Å². The predicted octanol–water partition coefficient (Wildman–Crippen LogP) is 2.67. The van der Waals surface area contributed by atoms with Gasteiger partial charge in [-0.2, -0.15) is 0 Å². The molecule has 1 aromatic carbocycles. The Bertz CT molecular complexity index is 381. The number of carbonyl (C=O) groups excluding carboxylic acids is 1. The van der Waals surface area contributed by atoms with Crippen molar-refractivity contribution in [2.75, 3.05) is 0 Å². The van der Waals surface area contributed by atoms with E-state index in [1.165, 1.54) is 0 Å². The lowest BCUT2D eigenvalue weighted by molar-refractivity contribution is -0.133. The third-order valence-corrected chi connectivity index (χ3v) is 3.03. The maximum absolute atomic E-state index is 11.8. The van der Waals surface area contributed by atoms with Gasteiger partial charge in [0.05, 0.1) is 5.60 Å². The van der Waals surface area contributed by atoms with Crippen LogP contribution in [0.1, 0.15) is 32.8 Å². The highest BCUT2D eigenvalue weighted by atomic mass is 16.5. The van der Waals surface area contributed by atoms with E-state index in [1.807, 2.05) is 51.1 Å². The molecule has 0 radical (unpaired) electrons. The first-order valence-electron chi connectivity index (χ1n) is 5.23. The van der Waals surface area contributed by atoms with Gasteiger partial charge in [-0.15, -0.1) is 0 Å². The number of ketones is 1. The van der Waals surface area contributed by atoms with Gasteiger partial charge in [0.2, 0.25) is 0 Å². The summed E-state index contributed by atoms with van der Waals surface area (Å²) in [6.07, 6.45) is 0.462. The van der Waals surface area contributed by atoms with Crippen LogP contribution >= 0.6 is 0 Å². The molecule has 80 valence electrons. The van der Waals surface area contributed by atoms with Crippen molar-refractivity contribution < 1.29 is 9.53 Å². The van der Waals surface area contributed by atoms with Crippen LogP contribution in [-0.4, -0.2) is 11.4 Å². The molecule has 0 aliphatic carbocycles. The molecule has 0 amide bonds. The number of ether oxygens (including phenoxy) is 1. The Labute approximate surface area is 90.3 Å². The molecule has 1 atom stereocenters. The van der Waals surface area contributed by atoms with Crippen molar-refractivity contribution >= 4 is 5.78 Å². The van der Waals surface area contributed by atoms with Crippen LogP contribution in [0.5, 0.6) is 0 Å². The molecule has 0 unspecified atom stereocenters.